The summed E-state index contributed by atoms with van der Waals surface area (Å²) in [5.41, 5.74) is -2.97. The lowest BCUT2D eigenvalue weighted by Crippen LogP contribution is -2.53. The van der Waals surface area contributed by atoms with Gasteiger partial charge in [0.1, 0.15) is 0 Å². The highest BCUT2D eigenvalue weighted by Crippen LogP contribution is 2.38. The van der Waals surface area contributed by atoms with Gasteiger partial charge in [-0.2, -0.15) is 26.3 Å². The molecule has 3 fully saturated rings. The van der Waals surface area contributed by atoms with Gasteiger partial charge in [-0.3, -0.25) is 9.69 Å². The molecule has 1 aromatic carbocycles. The summed E-state index contributed by atoms with van der Waals surface area (Å²) in [6, 6.07) is 2.15. The Kier molecular flexibility index (Phi) is 6.96. The fourth-order valence-corrected chi connectivity index (χ4v) is 5.61. The number of nitrogens with one attached hydrogen (secondary N) is 1. The molecule has 10 heteroatoms. The van der Waals surface area contributed by atoms with Crippen LogP contribution in [0.2, 0.25) is 0 Å². The van der Waals surface area contributed by atoms with Crippen LogP contribution in [0.3, 0.4) is 0 Å². The van der Waals surface area contributed by atoms with Crippen molar-refractivity contribution >= 4 is 5.91 Å². The molecule has 1 aliphatic carbocycles. The molecule has 2 heterocycles. The van der Waals surface area contributed by atoms with Gasteiger partial charge in [0, 0.05) is 31.2 Å². The topological polar surface area (TPSA) is 41.6 Å². The molecular weight excluding hydrogens is 450 g/mol. The molecule has 4 atom stereocenters. The maximum Gasteiger partial charge on any atom is 0.416 e. The van der Waals surface area contributed by atoms with Crippen LogP contribution in [0.25, 0.3) is 0 Å². The van der Waals surface area contributed by atoms with Gasteiger partial charge in [-0.05, 0) is 74.8 Å². The lowest BCUT2D eigenvalue weighted by molar-refractivity contribution is -0.143. The zero-order chi connectivity index (χ0) is 23.8. The second kappa shape index (κ2) is 9.44. The van der Waals surface area contributed by atoms with Gasteiger partial charge in [0.05, 0.1) is 17.7 Å². The summed E-state index contributed by atoms with van der Waals surface area (Å²) in [5.74, 6) is -0.0868. The van der Waals surface area contributed by atoms with Gasteiger partial charge in [-0.1, -0.05) is 0 Å². The van der Waals surface area contributed by atoms with Crippen LogP contribution in [0.4, 0.5) is 26.3 Å². The first-order chi connectivity index (χ1) is 15.5. The molecule has 2 aliphatic heterocycles. The number of alkyl halides is 6. The van der Waals surface area contributed by atoms with E-state index in [1.807, 2.05) is 0 Å². The molecule has 4 rings (SSSR count). The van der Waals surface area contributed by atoms with Crippen LogP contribution in [0.1, 0.15) is 55.2 Å². The molecule has 0 aromatic heterocycles. The second-order valence-corrected chi connectivity index (χ2v) is 9.37. The number of piperidine rings is 1. The lowest BCUT2D eigenvalue weighted by Gasteiger charge is -2.46. The highest BCUT2D eigenvalue weighted by Gasteiger charge is 2.41. The van der Waals surface area contributed by atoms with Gasteiger partial charge in [0.15, 0.2) is 0 Å². The number of benzene rings is 1. The Morgan fingerprint density at radius 3 is 2.36 bits per heavy atom. The van der Waals surface area contributed by atoms with Crippen LogP contribution in [-0.2, 0) is 28.4 Å². The Hall–Kier alpha value is -1.81. The molecule has 33 heavy (non-hydrogen) atoms. The van der Waals surface area contributed by atoms with Crippen LogP contribution in [-0.4, -0.2) is 42.6 Å². The first-order valence-corrected chi connectivity index (χ1v) is 11.4. The van der Waals surface area contributed by atoms with Crippen LogP contribution < -0.4 is 5.32 Å². The van der Waals surface area contributed by atoms with Gasteiger partial charge in [0.2, 0.25) is 5.91 Å². The van der Waals surface area contributed by atoms with E-state index in [9.17, 15) is 31.1 Å². The number of carbonyl (C=O) groups is 1. The zero-order valence-corrected chi connectivity index (χ0v) is 18.1. The highest BCUT2D eigenvalue weighted by atomic mass is 19.4. The smallest absolute Gasteiger partial charge is 0.381 e. The molecule has 184 valence electrons. The molecule has 3 aliphatic rings. The number of amides is 1. The van der Waals surface area contributed by atoms with Crippen molar-refractivity contribution in [2.75, 3.05) is 19.8 Å². The van der Waals surface area contributed by atoms with Crippen molar-refractivity contribution in [1.82, 2.24) is 10.2 Å². The predicted octanol–water partition coefficient (Wildman–Crippen LogP) is 5.01. The van der Waals surface area contributed by atoms with Crippen molar-refractivity contribution in [2.45, 2.75) is 69.5 Å². The number of fused-ring (bicyclic) bond motifs is 1. The minimum atomic E-state index is -4.91. The minimum absolute atomic E-state index is 0.0923. The van der Waals surface area contributed by atoms with Crippen molar-refractivity contribution in [2.24, 2.45) is 11.8 Å². The number of nitrogens with zero attached hydrogens (tertiary/aromatic N) is 1. The van der Waals surface area contributed by atoms with Crippen molar-refractivity contribution in [3.05, 3.63) is 34.9 Å². The summed E-state index contributed by atoms with van der Waals surface area (Å²) >= 11 is 0. The largest absolute Gasteiger partial charge is 0.416 e. The van der Waals surface area contributed by atoms with Gasteiger partial charge in [-0.15, -0.1) is 0 Å². The summed E-state index contributed by atoms with van der Waals surface area (Å²) in [5, 5.41) is 2.57. The third-order valence-corrected chi connectivity index (χ3v) is 7.21. The first-order valence-electron chi connectivity index (χ1n) is 11.4. The molecule has 2 unspecified atom stereocenters. The molecular formula is C23H28F6N2O2. The number of ether oxygens (including phenoxy) is 1. The normalized spacial score (nSPS) is 29.0. The Balaban J connectivity index is 1.37. The molecule has 0 spiro atoms. The Morgan fingerprint density at radius 2 is 1.70 bits per heavy atom. The second-order valence-electron chi connectivity index (χ2n) is 9.37. The van der Waals surface area contributed by atoms with E-state index in [2.05, 4.69) is 10.2 Å². The number of rotatable bonds is 4. The van der Waals surface area contributed by atoms with Crippen molar-refractivity contribution in [3.63, 3.8) is 0 Å². The molecule has 2 saturated heterocycles. The standard InChI is InChI=1S/C23H28F6N2O2/c24-22(25,26)17-8-14(9-18(11-17)23(27,28)29)12-30-21(32)15-3-4-19(10-15)31-6-1-2-16-13-33-7-5-20(16)31/h8-9,11,15-16,19-20H,1-7,10,12-13H2,(H,30,32)/t15-,16?,19+,20?/m0/s1. The first kappa shape index (κ1) is 24.3. The number of hydrogen-bond acceptors (Lipinski definition) is 3. The summed E-state index contributed by atoms with van der Waals surface area (Å²) < 4.78 is 83.9. The van der Waals surface area contributed by atoms with Gasteiger partial charge in [0.25, 0.3) is 0 Å². The molecule has 1 N–H and O–H groups in total. The third kappa shape index (κ3) is 5.65. The van der Waals surface area contributed by atoms with Crippen molar-refractivity contribution < 1.29 is 35.9 Å². The zero-order valence-electron chi connectivity index (χ0n) is 18.1. The Labute approximate surface area is 188 Å². The molecule has 4 nitrogen and oxygen atoms in total. The van der Waals surface area contributed by atoms with E-state index >= 15 is 0 Å². The third-order valence-electron chi connectivity index (χ3n) is 7.21. The molecule has 1 saturated carbocycles. The maximum atomic E-state index is 13.1. The summed E-state index contributed by atoms with van der Waals surface area (Å²) in [7, 11) is 0. The summed E-state index contributed by atoms with van der Waals surface area (Å²) in [6.07, 6.45) is -4.41. The Morgan fingerprint density at radius 1 is 1.00 bits per heavy atom. The number of halogens is 6. The van der Waals surface area contributed by atoms with E-state index < -0.39 is 23.5 Å². The lowest BCUT2D eigenvalue weighted by atomic mass is 9.85. The molecule has 1 aromatic rings. The van der Waals surface area contributed by atoms with E-state index in [1.54, 1.807) is 0 Å². The number of carbonyl (C=O) groups excluding carboxylic acids is 1. The molecule has 0 radical (unpaired) electrons. The van der Waals surface area contributed by atoms with Crippen molar-refractivity contribution in [3.8, 4) is 0 Å². The van der Waals surface area contributed by atoms with E-state index in [0.29, 0.717) is 36.9 Å². The highest BCUT2D eigenvalue weighted by molar-refractivity contribution is 5.79. The summed E-state index contributed by atoms with van der Waals surface area (Å²) in [4.78, 5) is 15.2. The van der Waals surface area contributed by atoms with E-state index in [-0.39, 0.29) is 36.0 Å². The van der Waals surface area contributed by atoms with Crippen LogP contribution in [0, 0.1) is 11.8 Å². The number of likely N-dealkylation sites (tertiary alicyclic amines) is 1. The quantitative estimate of drug-likeness (QED) is 0.619. The van der Waals surface area contributed by atoms with Crippen molar-refractivity contribution in [1.29, 1.82) is 0 Å². The number of hydrogen-bond donors (Lipinski definition) is 1. The maximum absolute atomic E-state index is 13.1. The van der Waals surface area contributed by atoms with E-state index in [4.69, 9.17) is 4.74 Å². The fourth-order valence-electron chi connectivity index (χ4n) is 5.61. The van der Waals surface area contributed by atoms with Gasteiger partial charge >= 0.3 is 12.4 Å². The van der Waals surface area contributed by atoms with Crippen LogP contribution >= 0.6 is 0 Å². The molecule has 1 amide bonds. The fraction of sp³-hybridized carbons (Fsp3) is 0.696. The van der Waals surface area contributed by atoms with Gasteiger partial charge in [-0.25, -0.2) is 0 Å². The minimum Gasteiger partial charge on any atom is -0.381 e. The Bertz CT molecular complexity index is 822. The van der Waals surface area contributed by atoms with Crippen LogP contribution in [0.5, 0.6) is 0 Å². The van der Waals surface area contributed by atoms with Gasteiger partial charge < -0.3 is 10.1 Å². The SMILES string of the molecule is O=C(NCc1cc(C(F)(F)F)cc(C(F)(F)F)c1)[C@H]1CC[C@@H](N2CCCC3COCCC32)C1. The summed E-state index contributed by atoms with van der Waals surface area (Å²) in [6.45, 7) is 2.13. The predicted molar refractivity (Wildman–Crippen MR) is 108 cm³/mol. The monoisotopic (exact) mass is 478 g/mol. The van der Waals surface area contributed by atoms with E-state index in [1.165, 1.54) is 0 Å². The molecule has 0 bridgehead atoms. The van der Waals surface area contributed by atoms with E-state index in [0.717, 1.165) is 45.4 Å². The van der Waals surface area contributed by atoms with Crippen LogP contribution in [0.15, 0.2) is 18.2 Å². The average molecular weight is 478 g/mol. The average Bonchev–Trinajstić information content (AvgIpc) is 3.26.